The summed E-state index contributed by atoms with van der Waals surface area (Å²) >= 11 is 0. The fourth-order valence-corrected chi connectivity index (χ4v) is 3.39. The van der Waals surface area contributed by atoms with Gasteiger partial charge in [0.05, 0.1) is 0 Å². The highest BCUT2D eigenvalue weighted by Crippen LogP contribution is 2.42. The van der Waals surface area contributed by atoms with Crippen LogP contribution in [-0.4, -0.2) is 35.9 Å². The second-order valence-corrected chi connectivity index (χ2v) is 7.29. The van der Waals surface area contributed by atoms with Crippen molar-refractivity contribution in [2.45, 2.75) is 38.1 Å². The van der Waals surface area contributed by atoms with E-state index in [1.54, 1.807) is 19.9 Å². The number of alkyl halides is 4. The topological polar surface area (TPSA) is 89.6 Å². The van der Waals surface area contributed by atoms with E-state index in [2.05, 4.69) is 20.0 Å². The minimum absolute atomic E-state index is 0.0276. The van der Waals surface area contributed by atoms with Crippen molar-refractivity contribution in [3.63, 3.8) is 0 Å². The minimum Gasteiger partial charge on any atom is -0.452 e. The van der Waals surface area contributed by atoms with Crippen LogP contribution in [0, 0.1) is 19.7 Å². The maximum atomic E-state index is 14.6. The number of nitrogens with one attached hydrogen (secondary N) is 1. The van der Waals surface area contributed by atoms with Crippen LogP contribution in [0.5, 0.6) is 0 Å². The standard InChI is InChI=1S/C20H19F5N4O2/c1-10-5-11(2)16(27-8-10)17(30)28-12-3-4-14(22)13(6-12)19(9-21)7-15(20(23,24)25)31-18(26)29-19/h3-6,8,15H,7,9H2,1-2H3,(H2,26,29)(H,28,30)/t15-,19+/m0/s1. The van der Waals surface area contributed by atoms with E-state index < -0.39 is 54.2 Å². The van der Waals surface area contributed by atoms with Crippen LogP contribution in [0.1, 0.15) is 33.6 Å². The number of anilines is 1. The highest BCUT2D eigenvalue weighted by Gasteiger charge is 2.52. The molecule has 0 bridgehead atoms. The molecule has 0 saturated carbocycles. The van der Waals surface area contributed by atoms with Crippen LogP contribution in [-0.2, 0) is 10.3 Å². The third kappa shape index (κ3) is 4.59. The Morgan fingerprint density at radius 2 is 2.03 bits per heavy atom. The molecular weight excluding hydrogens is 423 g/mol. The van der Waals surface area contributed by atoms with Crippen molar-refractivity contribution in [1.29, 1.82) is 0 Å². The van der Waals surface area contributed by atoms with Gasteiger partial charge in [0.2, 0.25) is 0 Å². The Balaban J connectivity index is 1.98. The fraction of sp³-hybridized carbons (Fsp3) is 0.350. The van der Waals surface area contributed by atoms with Crippen molar-refractivity contribution in [3.05, 3.63) is 58.7 Å². The lowest BCUT2D eigenvalue weighted by molar-refractivity contribution is -0.209. The molecule has 2 aromatic rings. The van der Waals surface area contributed by atoms with Gasteiger partial charge in [-0.1, -0.05) is 6.07 Å². The second-order valence-electron chi connectivity index (χ2n) is 7.29. The molecule has 3 rings (SSSR count). The minimum atomic E-state index is -4.86. The molecule has 1 aliphatic rings. The van der Waals surface area contributed by atoms with Crippen LogP contribution < -0.4 is 11.1 Å². The molecule has 0 saturated heterocycles. The van der Waals surface area contributed by atoms with Crippen molar-refractivity contribution in [2.24, 2.45) is 10.7 Å². The van der Waals surface area contributed by atoms with Gasteiger partial charge in [0.25, 0.3) is 11.9 Å². The van der Waals surface area contributed by atoms with Gasteiger partial charge in [0.1, 0.15) is 23.7 Å². The molecule has 31 heavy (non-hydrogen) atoms. The number of aliphatic imine (C=N–C) groups is 1. The van der Waals surface area contributed by atoms with Crippen molar-refractivity contribution in [1.82, 2.24) is 4.98 Å². The molecule has 3 N–H and O–H groups in total. The van der Waals surface area contributed by atoms with Gasteiger partial charge < -0.3 is 15.8 Å². The van der Waals surface area contributed by atoms with Crippen molar-refractivity contribution in [3.8, 4) is 0 Å². The summed E-state index contributed by atoms with van der Waals surface area (Å²) in [5.74, 6) is -1.62. The predicted octanol–water partition coefficient (Wildman–Crippen LogP) is 3.92. The Morgan fingerprint density at radius 3 is 2.65 bits per heavy atom. The summed E-state index contributed by atoms with van der Waals surface area (Å²) in [6.07, 6.45) is -6.84. The van der Waals surface area contributed by atoms with E-state index in [4.69, 9.17) is 5.73 Å². The van der Waals surface area contributed by atoms with Gasteiger partial charge in [-0.2, -0.15) is 13.2 Å². The first-order valence-electron chi connectivity index (χ1n) is 9.14. The van der Waals surface area contributed by atoms with Crippen LogP contribution in [0.3, 0.4) is 0 Å². The number of nitrogens with zero attached hydrogens (tertiary/aromatic N) is 2. The zero-order chi connectivity index (χ0) is 23.0. The highest BCUT2D eigenvalue weighted by atomic mass is 19.4. The average Bonchev–Trinajstić information content (AvgIpc) is 2.68. The van der Waals surface area contributed by atoms with E-state index in [-0.39, 0.29) is 11.4 Å². The van der Waals surface area contributed by atoms with Crippen LogP contribution >= 0.6 is 0 Å². The number of benzene rings is 1. The number of rotatable bonds is 4. The van der Waals surface area contributed by atoms with Crippen LogP contribution in [0.15, 0.2) is 35.5 Å². The van der Waals surface area contributed by atoms with E-state index >= 15 is 0 Å². The largest absolute Gasteiger partial charge is 0.452 e. The number of ether oxygens (including phenoxy) is 1. The number of halogens is 5. The lowest BCUT2D eigenvalue weighted by atomic mass is 9.84. The van der Waals surface area contributed by atoms with E-state index in [9.17, 15) is 26.7 Å². The van der Waals surface area contributed by atoms with Gasteiger partial charge in [-0.3, -0.25) is 9.78 Å². The van der Waals surface area contributed by atoms with Crippen LogP contribution in [0.4, 0.5) is 27.6 Å². The average molecular weight is 442 g/mol. The van der Waals surface area contributed by atoms with Gasteiger partial charge in [-0.25, -0.2) is 13.8 Å². The number of nitrogens with two attached hydrogens (primary N) is 1. The van der Waals surface area contributed by atoms with Gasteiger partial charge in [0, 0.05) is 23.9 Å². The normalized spacial score (nSPS) is 21.3. The summed E-state index contributed by atoms with van der Waals surface area (Å²) in [6, 6.07) is 3.97. The number of aryl methyl sites for hydroxylation is 2. The summed E-state index contributed by atoms with van der Waals surface area (Å²) in [4.78, 5) is 20.3. The molecule has 1 aromatic carbocycles. The van der Waals surface area contributed by atoms with E-state index in [1.807, 2.05) is 0 Å². The molecule has 1 aromatic heterocycles. The lowest BCUT2D eigenvalue weighted by Crippen LogP contribution is -2.48. The number of pyridine rings is 1. The quantitative estimate of drug-likeness (QED) is 0.703. The molecule has 0 unspecified atom stereocenters. The van der Waals surface area contributed by atoms with Crippen LogP contribution in [0.2, 0.25) is 0 Å². The maximum absolute atomic E-state index is 14.6. The number of amidine groups is 1. The molecule has 166 valence electrons. The molecule has 0 aliphatic carbocycles. The van der Waals surface area contributed by atoms with E-state index in [0.29, 0.717) is 5.56 Å². The number of amides is 1. The fourth-order valence-electron chi connectivity index (χ4n) is 3.39. The summed E-state index contributed by atoms with van der Waals surface area (Å²) in [6.45, 7) is 2.02. The molecule has 0 spiro atoms. The summed E-state index contributed by atoms with van der Waals surface area (Å²) in [5, 5.41) is 2.50. The second kappa shape index (κ2) is 8.12. The Hall–Kier alpha value is -3.24. The number of hydrogen-bond donors (Lipinski definition) is 2. The van der Waals surface area contributed by atoms with Crippen molar-refractivity contribution >= 4 is 17.6 Å². The zero-order valence-electron chi connectivity index (χ0n) is 16.6. The Morgan fingerprint density at radius 1 is 1.32 bits per heavy atom. The van der Waals surface area contributed by atoms with E-state index in [0.717, 1.165) is 17.7 Å². The van der Waals surface area contributed by atoms with Gasteiger partial charge in [0.15, 0.2) is 6.10 Å². The van der Waals surface area contributed by atoms with Gasteiger partial charge >= 0.3 is 6.18 Å². The Labute approximate surface area is 174 Å². The molecule has 6 nitrogen and oxygen atoms in total. The number of hydrogen-bond acceptors (Lipinski definition) is 5. The van der Waals surface area contributed by atoms with E-state index in [1.165, 1.54) is 12.3 Å². The Kier molecular flexibility index (Phi) is 5.88. The first kappa shape index (κ1) is 22.4. The lowest BCUT2D eigenvalue weighted by Gasteiger charge is -2.36. The Bertz CT molecular complexity index is 1040. The predicted molar refractivity (Wildman–Crippen MR) is 103 cm³/mol. The summed E-state index contributed by atoms with van der Waals surface area (Å²) in [5.41, 5.74) is 4.18. The van der Waals surface area contributed by atoms with Gasteiger partial charge in [-0.05, 0) is 43.2 Å². The number of carbonyl (C=O) groups is 1. The molecule has 11 heteroatoms. The first-order chi connectivity index (χ1) is 14.4. The maximum Gasteiger partial charge on any atom is 0.425 e. The highest BCUT2D eigenvalue weighted by molar-refractivity contribution is 6.03. The summed E-state index contributed by atoms with van der Waals surface area (Å²) in [7, 11) is 0. The number of aromatic nitrogens is 1. The molecule has 1 amide bonds. The smallest absolute Gasteiger partial charge is 0.425 e. The third-order valence-corrected chi connectivity index (χ3v) is 4.85. The molecule has 1 aliphatic heterocycles. The first-order valence-corrected chi connectivity index (χ1v) is 9.14. The zero-order valence-corrected chi connectivity index (χ0v) is 16.6. The summed E-state index contributed by atoms with van der Waals surface area (Å²) < 4.78 is 72.7. The number of carbonyl (C=O) groups excluding carboxylic acids is 1. The van der Waals surface area contributed by atoms with Crippen molar-refractivity contribution in [2.75, 3.05) is 12.0 Å². The molecule has 0 fully saturated rings. The molecular formula is C20H19F5N4O2. The van der Waals surface area contributed by atoms with Crippen LogP contribution in [0.25, 0.3) is 0 Å². The molecule has 0 radical (unpaired) electrons. The monoisotopic (exact) mass is 442 g/mol. The molecule has 2 atom stereocenters. The SMILES string of the molecule is Cc1cnc(C(=O)Nc2ccc(F)c([C@]3(CF)C[C@@H](C(F)(F)F)OC(N)=N3)c2)c(C)c1. The third-order valence-electron chi connectivity index (χ3n) is 4.85. The van der Waals surface area contributed by atoms with Gasteiger partial charge in [-0.15, -0.1) is 0 Å². The molecule has 2 heterocycles. The van der Waals surface area contributed by atoms with Crippen molar-refractivity contribution < 1.29 is 31.5 Å².